The fourth-order valence-corrected chi connectivity index (χ4v) is 1.42. The summed E-state index contributed by atoms with van der Waals surface area (Å²) in [5, 5.41) is 13.6. The van der Waals surface area contributed by atoms with Crippen LogP contribution in [0.1, 0.15) is 20.3 Å². The first-order valence-electron chi connectivity index (χ1n) is 5.33. The van der Waals surface area contributed by atoms with Crippen LogP contribution in [0.5, 0.6) is 0 Å². The van der Waals surface area contributed by atoms with Crippen LogP contribution in [0.25, 0.3) is 0 Å². The van der Waals surface area contributed by atoms with Gasteiger partial charge in [0.2, 0.25) is 0 Å². The van der Waals surface area contributed by atoms with Gasteiger partial charge in [-0.2, -0.15) is 0 Å². The second kappa shape index (κ2) is 5.82. The van der Waals surface area contributed by atoms with Crippen molar-refractivity contribution in [3.8, 4) is 0 Å². The Hall–Kier alpha value is -1.36. The molecular formula is C11H14ClFN2O2. The molecule has 0 aromatic heterocycles. The molecule has 4 nitrogen and oxygen atoms in total. The summed E-state index contributed by atoms with van der Waals surface area (Å²) in [4.78, 5) is 10.1. The molecule has 0 aliphatic rings. The van der Waals surface area contributed by atoms with E-state index in [0.717, 1.165) is 12.5 Å². The van der Waals surface area contributed by atoms with E-state index in [-0.39, 0.29) is 16.4 Å². The number of nitrogens with one attached hydrogen (secondary N) is 1. The molecule has 0 amide bonds. The fraction of sp³-hybridized carbons (Fsp3) is 0.455. The average Bonchev–Trinajstić information content (AvgIpc) is 2.29. The van der Waals surface area contributed by atoms with Gasteiger partial charge in [0.05, 0.1) is 16.0 Å². The first-order chi connectivity index (χ1) is 7.95. The molecule has 1 rings (SSSR count). The van der Waals surface area contributed by atoms with Gasteiger partial charge in [0.1, 0.15) is 11.5 Å². The number of hydrogen-bond donors (Lipinski definition) is 1. The number of nitro benzene ring substituents is 1. The lowest BCUT2D eigenvalue weighted by molar-refractivity contribution is -0.384. The topological polar surface area (TPSA) is 55.2 Å². The quantitative estimate of drug-likeness (QED) is 0.646. The van der Waals surface area contributed by atoms with Crippen molar-refractivity contribution < 1.29 is 9.31 Å². The Kier molecular flexibility index (Phi) is 4.69. The molecule has 0 radical (unpaired) electrons. The molecular weight excluding hydrogens is 247 g/mol. The first kappa shape index (κ1) is 13.7. The van der Waals surface area contributed by atoms with Gasteiger partial charge >= 0.3 is 0 Å². The zero-order valence-electron chi connectivity index (χ0n) is 9.67. The molecule has 17 heavy (non-hydrogen) atoms. The molecule has 6 heteroatoms. The number of nitro groups is 1. The Morgan fingerprint density at radius 1 is 1.59 bits per heavy atom. The van der Waals surface area contributed by atoms with Gasteiger partial charge in [0.25, 0.3) is 5.69 Å². The molecule has 0 spiro atoms. The lowest BCUT2D eigenvalue weighted by atomic mass is 10.1. The minimum Gasteiger partial charge on any atom is -0.379 e. The number of anilines is 1. The molecule has 0 aliphatic carbocycles. The highest BCUT2D eigenvalue weighted by Gasteiger charge is 2.17. The number of nitrogens with zero attached hydrogens (tertiary/aromatic N) is 1. The minimum atomic E-state index is -0.785. The molecule has 0 aliphatic heterocycles. The lowest BCUT2D eigenvalue weighted by Crippen LogP contribution is -2.11. The number of halogens is 2. The van der Waals surface area contributed by atoms with Crippen molar-refractivity contribution in [2.45, 2.75) is 20.3 Å². The standard InChI is InChI=1S/C11H14ClFN2O2/c1-3-7(2)6-14-10-4-8(12)9(13)5-11(10)15(16)17/h4-5,7,14H,3,6H2,1-2H3. The van der Waals surface area contributed by atoms with Gasteiger partial charge in [0.15, 0.2) is 0 Å². The van der Waals surface area contributed by atoms with Gasteiger partial charge in [-0.15, -0.1) is 0 Å². The highest BCUT2D eigenvalue weighted by atomic mass is 35.5. The molecule has 0 bridgehead atoms. The van der Waals surface area contributed by atoms with Crippen LogP contribution in [0.4, 0.5) is 15.8 Å². The number of hydrogen-bond acceptors (Lipinski definition) is 3. The molecule has 1 atom stereocenters. The molecule has 94 valence electrons. The predicted molar refractivity (Wildman–Crippen MR) is 66.0 cm³/mol. The Morgan fingerprint density at radius 2 is 2.24 bits per heavy atom. The Labute approximate surface area is 104 Å². The van der Waals surface area contributed by atoms with Crippen LogP contribution in [0.15, 0.2) is 12.1 Å². The van der Waals surface area contributed by atoms with E-state index in [1.807, 2.05) is 13.8 Å². The predicted octanol–water partition coefficient (Wildman–Crippen LogP) is 3.85. The molecule has 0 saturated heterocycles. The van der Waals surface area contributed by atoms with E-state index in [1.165, 1.54) is 6.07 Å². The van der Waals surface area contributed by atoms with E-state index >= 15 is 0 Å². The molecule has 1 aromatic rings. The van der Waals surface area contributed by atoms with E-state index in [9.17, 15) is 14.5 Å². The van der Waals surface area contributed by atoms with Crippen LogP contribution in [-0.4, -0.2) is 11.5 Å². The summed E-state index contributed by atoms with van der Waals surface area (Å²) in [5.41, 5.74) is -0.0445. The molecule has 0 fully saturated rings. The summed E-state index contributed by atoms with van der Waals surface area (Å²) in [6.07, 6.45) is 0.954. The summed E-state index contributed by atoms with van der Waals surface area (Å²) in [6, 6.07) is 2.08. The second-order valence-electron chi connectivity index (χ2n) is 3.93. The zero-order chi connectivity index (χ0) is 13.0. The maximum atomic E-state index is 13.1. The smallest absolute Gasteiger partial charge is 0.295 e. The maximum absolute atomic E-state index is 13.1. The van der Waals surface area contributed by atoms with Crippen LogP contribution in [-0.2, 0) is 0 Å². The fourth-order valence-electron chi connectivity index (χ4n) is 1.26. The maximum Gasteiger partial charge on any atom is 0.295 e. The SMILES string of the molecule is CCC(C)CNc1cc(Cl)c(F)cc1[N+](=O)[O-]. The van der Waals surface area contributed by atoms with Crippen LogP contribution in [0.2, 0.25) is 5.02 Å². The van der Waals surface area contributed by atoms with Gasteiger partial charge in [-0.1, -0.05) is 31.9 Å². The number of rotatable bonds is 5. The van der Waals surface area contributed by atoms with Crippen LogP contribution >= 0.6 is 11.6 Å². The lowest BCUT2D eigenvalue weighted by Gasteiger charge is -2.12. The summed E-state index contributed by atoms with van der Waals surface area (Å²) >= 11 is 5.60. The van der Waals surface area contributed by atoms with Crippen molar-refractivity contribution >= 4 is 23.0 Å². The third-order valence-corrected chi connectivity index (χ3v) is 2.86. The molecule has 1 N–H and O–H groups in total. The zero-order valence-corrected chi connectivity index (χ0v) is 10.4. The van der Waals surface area contributed by atoms with Gasteiger partial charge in [-0.25, -0.2) is 4.39 Å². The summed E-state index contributed by atoms with van der Waals surface area (Å²) in [5.74, 6) is -0.411. The first-order valence-corrected chi connectivity index (χ1v) is 5.70. The molecule has 1 aromatic carbocycles. The van der Waals surface area contributed by atoms with Crippen LogP contribution < -0.4 is 5.32 Å². The van der Waals surface area contributed by atoms with Crippen molar-refractivity contribution in [2.75, 3.05) is 11.9 Å². The summed E-state index contributed by atoms with van der Waals surface area (Å²) in [6.45, 7) is 4.63. The molecule has 0 saturated carbocycles. The highest BCUT2D eigenvalue weighted by Crippen LogP contribution is 2.30. The third kappa shape index (κ3) is 3.56. The monoisotopic (exact) mass is 260 g/mol. The van der Waals surface area contributed by atoms with Gasteiger partial charge < -0.3 is 5.32 Å². The third-order valence-electron chi connectivity index (χ3n) is 2.57. The molecule has 1 unspecified atom stereocenters. The van der Waals surface area contributed by atoms with Gasteiger partial charge in [0, 0.05) is 6.54 Å². The summed E-state index contributed by atoms with van der Waals surface area (Å²) < 4.78 is 13.1. The van der Waals surface area contributed by atoms with Gasteiger partial charge in [-0.05, 0) is 12.0 Å². The average molecular weight is 261 g/mol. The van der Waals surface area contributed by atoms with E-state index in [4.69, 9.17) is 11.6 Å². The molecule has 0 heterocycles. The minimum absolute atomic E-state index is 0.123. The van der Waals surface area contributed by atoms with Crippen molar-refractivity contribution in [1.29, 1.82) is 0 Å². The van der Waals surface area contributed by atoms with Gasteiger partial charge in [-0.3, -0.25) is 10.1 Å². The van der Waals surface area contributed by atoms with E-state index in [0.29, 0.717) is 12.5 Å². The normalized spacial score (nSPS) is 12.2. The van der Waals surface area contributed by atoms with E-state index < -0.39 is 10.7 Å². The van der Waals surface area contributed by atoms with Crippen molar-refractivity contribution in [1.82, 2.24) is 0 Å². The van der Waals surface area contributed by atoms with Crippen molar-refractivity contribution in [3.63, 3.8) is 0 Å². The van der Waals surface area contributed by atoms with Crippen molar-refractivity contribution in [2.24, 2.45) is 5.92 Å². The van der Waals surface area contributed by atoms with E-state index in [1.54, 1.807) is 0 Å². The van der Waals surface area contributed by atoms with Crippen LogP contribution in [0.3, 0.4) is 0 Å². The Balaban J connectivity index is 2.96. The summed E-state index contributed by atoms with van der Waals surface area (Å²) in [7, 11) is 0. The Bertz CT molecular complexity index is 426. The van der Waals surface area contributed by atoms with E-state index in [2.05, 4.69) is 5.32 Å². The highest BCUT2D eigenvalue weighted by molar-refractivity contribution is 6.31. The number of benzene rings is 1. The van der Waals surface area contributed by atoms with Crippen molar-refractivity contribution in [3.05, 3.63) is 33.1 Å². The second-order valence-corrected chi connectivity index (χ2v) is 4.34. The Morgan fingerprint density at radius 3 is 2.76 bits per heavy atom. The van der Waals surface area contributed by atoms with Crippen LogP contribution in [0, 0.1) is 21.8 Å². The largest absolute Gasteiger partial charge is 0.379 e.